The summed E-state index contributed by atoms with van der Waals surface area (Å²) in [5.41, 5.74) is 5.29. The van der Waals surface area contributed by atoms with Gasteiger partial charge in [-0.3, -0.25) is 5.43 Å². The molecule has 1 aromatic carbocycles. The van der Waals surface area contributed by atoms with Crippen LogP contribution in [-0.4, -0.2) is 16.9 Å². The molecule has 1 atom stereocenters. The molecule has 0 saturated carbocycles. The Balaban J connectivity index is 1.80. The van der Waals surface area contributed by atoms with Crippen LogP contribution in [0.4, 0.5) is 4.39 Å². The van der Waals surface area contributed by atoms with E-state index >= 15 is 0 Å². The maximum atomic E-state index is 13.2. The van der Waals surface area contributed by atoms with E-state index in [0.29, 0.717) is 5.92 Å². The monoisotopic (exact) mass is 271 g/mol. The summed E-state index contributed by atoms with van der Waals surface area (Å²) in [4.78, 5) is 2.15. The van der Waals surface area contributed by atoms with Crippen LogP contribution in [0, 0.1) is 11.7 Å². The average Bonchev–Trinajstić information content (AvgIpc) is 2.82. The van der Waals surface area contributed by atoms with E-state index in [-0.39, 0.29) is 12.0 Å². The van der Waals surface area contributed by atoms with Crippen molar-refractivity contribution in [1.82, 2.24) is 10.3 Å². The molecule has 0 spiro atoms. The van der Waals surface area contributed by atoms with E-state index in [2.05, 4.69) is 35.5 Å². The van der Waals surface area contributed by atoms with Gasteiger partial charge in [0.05, 0.1) is 0 Å². The van der Waals surface area contributed by atoms with Crippen LogP contribution in [0.3, 0.4) is 0 Å². The molecule has 2 aliphatic rings. The fourth-order valence-corrected chi connectivity index (χ4v) is 2.53. The lowest BCUT2D eigenvalue weighted by atomic mass is 10.0. The minimum Gasteiger partial charge on any atom is -0.309 e. The number of halogens is 1. The standard InChI is InChI=1S/C16H18FN3/c1-11(2)16-19-18-15-7-6-13(10-20(15)16)8-12-4-3-5-14(17)9-12/h3-7,9-11,16,19H,8H2,1-2H3. The summed E-state index contributed by atoms with van der Waals surface area (Å²) in [6.45, 7) is 4.32. The smallest absolute Gasteiger partial charge is 0.154 e. The van der Waals surface area contributed by atoms with E-state index in [9.17, 15) is 4.39 Å². The van der Waals surface area contributed by atoms with Crippen molar-refractivity contribution in [3.63, 3.8) is 0 Å². The number of fused-ring (bicyclic) bond motifs is 1. The van der Waals surface area contributed by atoms with Gasteiger partial charge in [-0.2, -0.15) is 5.10 Å². The first kappa shape index (κ1) is 12.9. The zero-order chi connectivity index (χ0) is 14.1. The summed E-state index contributed by atoms with van der Waals surface area (Å²) >= 11 is 0. The van der Waals surface area contributed by atoms with Crippen LogP contribution in [0.2, 0.25) is 0 Å². The van der Waals surface area contributed by atoms with Crippen molar-refractivity contribution < 1.29 is 4.39 Å². The molecular formula is C16H18FN3. The van der Waals surface area contributed by atoms with E-state index < -0.39 is 0 Å². The molecule has 3 rings (SSSR count). The predicted octanol–water partition coefficient (Wildman–Crippen LogP) is 3.02. The molecule has 1 unspecified atom stereocenters. The zero-order valence-corrected chi connectivity index (χ0v) is 11.7. The fourth-order valence-electron chi connectivity index (χ4n) is 2.53. The van der Waals surface area contributed by atoms with Crippen LogP contribution in [0.15, 0.2) is 53.3 Å². The molecule has 4 heteroatoms. The van der Waals surface area contributed by atoms with Gasteiger partial charge in [-0.1, -0.05) is 32.1 Å². The second-order valence-corrected chi connectivity index (χ2v) is 5.54. The highest BCUT2D eigenvalue weighted by molar-refractivity contribution is 5.96. The Labute approximate surface area is 118 Å². The lowest BCUT2D eigenvalue weighted by Gasteiger charge is -2.28. The van der Waals surface area contributed by atoms with Gasteiger partial charge in [-0.15, -0.1) is 0 Å². The number of nitrogens with one attached hydrogen (secondary N) is 1. The van der Waals surface area contributed by atoms with Gasteiger partial charge in [0.2, 0.25) is 0 Å². The third-order valence-electron chi connectivity index (χ3n) is 3.56. The van der Waals surface area contributed by atoms with Gasteiger partial charge < -0.3 is 4.90 Å². The van der Waals surface area contributed by atoms with Gasteiger partial charge in [-0.05, 0) is 41.7 Å². The van der Waals surface area contributed by atoms with Crippen molar-refractivity contribution >= 4 is 5.84 Å². The van der Waals surface area contributed by atoms with E-state index in [1.807, 2.05) is 18.2 Å². The van der Waals surface area contributed by atoms with Crippen molar-refractivity contribution in [2.45, 2.75) is 26.4 Å². The molecule has 0 radical (unpaired) electrons. The van der Waals surface area contributed by atoms with Gasteiger partial charge in [-0.25, -0.2) is 4.39 Å². The second-order valence-electron chi connectivity index (χ2n) is 5.54. The normalized spacial score (nSPS) is 20.6. The fraction of sp³-hybridized carbons (Fsp3) is 0.312. The molecule has 0 aliphatic carbocycles. The summed E-state index contributed by atoms with van der Waals surface area (Å²) in [7, 11) is 0. The first-order valence-corrected chi connectivity index (χ1v) is 6.88. The lowest BCUT2D eigenvalue weighted by molar-refractivity contribution is 0.290. The summed E-state index contributed by atoms with van der Waals surface area (Å²) in [5.74, 6) is 1.20. The molecule has 0 amide bonds. The van der Waals surface area contributed by atoms with Gasteiger partial charge in [0.15, 0.2) is 5.84 Å². The Hall–Kier alpha value is -2.10. The summed E-state index contributed by atoms with van der Waals surface area (Å²) in [5, 5.41) is 4.32. The highest BCUT2D eigenvalue weighted by atomic mass is 19.1. The predicted molar refractivity (Wildman–Crippen MR) is 78.4 cm³/mol. The molecule has 1 N–H and O–H groups in total. The number of allylic oxidation sites excluding steroid dienone is 2. The maximum Gasteiger partial charge on any atom is 0.154 e. The molecule has 3 nitrogen and oxygen atoms in total. The van der Waals surface area contributed by atoms with Crippen LogP contribution in [-0.2, 0) is 6.42 Å². The molecule has 0 aromatic heterocycles. The molecule has 2 heterocycles. The topological polar surface area (TPSA) is 27.6 Å². The number of hydrogen-bond donors (Lipinski definition) is 1. The third-order valence-corrected chi connectivity index (χ3v) is 3.56. The number of hydrazone groups is 1. The van der Waals surface area contributed by atoms with Gasteiger partial charge in [0, 0.05) is 6.20 Å². The number of benzene rings is 1. The van der Waals surface area contributed by atoms with Crippen LogP contribution >= 0.6 is 0 Å². The largest absolute Gasteiger partial charge is 0.309 e. The highest BCUT2D eigenvalue weighted by Crippen LogP contribution is 2.22. The SMILES string of the molecule is CC(C)C1NN=C2C=CC(Cc3cccc(F)c3)=CN21. The second kappa shape index (κ2) is 5.12. The van der Waals surface area contributed by atoms with E-state index in [0.717, 1.165) is 23.4 Å². The zero-order valence-electron chi connectivity index (χ0n) is 11.7. The van der Waals surface area contributed by atoms with Crippen molar-refractivity contribution in [2.75, 3.05) is 0 Å². The Morgan fingerprint density at radius 3 is 2.95 bits per heavy atom. The molecule has 2 aliphatic heterocycles. The van der Waals surface area contributed by atoms with Crippen LogP contribution in [0.1, 0.15) is 19.4 Å². The first-order chi connectivity index (χ1) is 9.63. The maximum absolute atomic E-state index is 13.2. The Bertz CT molecular complexity index is 601. The van der Waals surface area contributed by atoms with Crippen LogP contribution < -0.4 is 5.43 Å². The van der Waals surface area contributed by atoms with Crippen molar-refractivity contribution in [1.29, 1.82) is 0 Å². The number of amidine groups is 1. The first-order valence-electron chi connectivity index (χ1n) is 6.88. The molecule has 20 heavy (non-hydrogen) atoms. The summed E-state index contributed by atoms with van der Waals surface area (Å²) < 4.78 is 13.2. The molecule has 1 aromatic rings. The molecule has 104 valence electrons. The van der Waals surface area contributed by atoms with Crippen molar-refractivity contribution in [2.24, 2.45) is 11.0 Å². The van der Waals surface area contributed by atoms with Crippen LogP contribution in [0.25, 0.3) is 0 Å². The molecule has 0 bridgehead atoms. The summed E-state index contributed by atoms with van der Waals surface area (Å²) in [6.07, 6.45) is 7.07. The van der Waals surface area contributed by atoms with Crippen molar-refractivity contribution in [3.05, 3.63) is 59.6 Å². The number of rotatable bonds is 3. The van der Waals surface area contributed by atoms with Gasteiger partial charge in [0.25, 0.3) is 0 Å². The lowest BCUT2D eigenvalue weighted by Crippen LogP contribution is -2.40. The summed E-state index contributed by atoms with van der Waals surface area (Å²) in [6, 6.07) is 6.75. The molecular weight excluding hydrogens is 253 g/mol. The average molecular weight is 271 g/mol. The number of hydrogen-bond acceptors (Lipinski definition) is 3. The van der Waals surface area contributed by atoms with E-state index in [4.69, 9.17) is 0 Å². The highest BCUT2D eigenvalue weighted by Gasteiger charge is 2.28. The Morgan fingerprint density at radius 1 is 1.35 bits per heavy atom. The van der Waals surface area contributed by atoms with E-state index in [1.54, 1.807) is 12.1 Å². The quantitative estimate of drug-likeness (QED) is 0.915. The Morgan fingerprint density at radius 2 is 2.20 bits per heavy atom. The Kier molecular flexibility index (Phi) is 3.30. The minimum atomic E-state index is -0.187. The minimum absolute atomic E-state index is 0.187. The number of nitrogens with zero attached hydrogens (tertiary/aromatic N) is 2. The van der Waals surface area contributed by atoms with E-state index in [1.165, 1.54) is 6.07 Å². The van der Waals surface area contributed by atoms with Crippen molar-refractivity contribution in [3.8, 4) is 0 Å². The molecule has 0 saturated heterocycles. The van der Waals surface area contributed by atoms with Gasteiger partial charge >= 0.3 is 0 Å². The third kappa shape index (κ3) is 2.46. The molecule has 0 fully saturated rings. The van der Waals surface area contributed by atoms with Crippen LogP contribution in [0.5, 0.6) is 0 Å². The van der Waals surface area contributed by atoms with Gasteiger partial charge in [0.1, 0.15) is 12.0 Å².